The van der Waals surface area contributed by atoms with Gasteiger partial charge in [-0.3, -0.25) is 9.59 Å². The zero-order valence-corrected chi connectivity index (χ0v) is 18.7. The van der Waals surface area contributed by atoms with E-state index in [4.69, 9.17) is 16.3 Å². The summed E-state index contributed by atoms with van der Waals surface area (Å²) in [5.74, 6) is 1.82. The van der Waals surface area contributed by atoms with Crippen molar-refractivity contribution in [1.82, 2.24) is 9.80 Å². The molecule has 0 unspecified atom stereocenters. The SMILES string of the molecule is C[C@H]1CCCN(C(=O)C2CCN(C(=O)CN3C[C@@H](C)Oc4ccc(Cl)cc43)CC2)C1. The molecule has 2 fully saturated rings. The van der Waals surface area contributed by atoms with E-state index in [0.717, 1.165) is 43.8 Å². The maximum Gasteiger partial charge on any atom is 0.242 e. The van der Waals surface area contributed by atoms with Crippen molar-refractivity contribution in [2.24, 2.45) is 11.8 Å². The van der Waals surface area contributed by atoms with Crippen LogP contribution < -0.4 is 9.64 Å². The number of rotatable bonds is 3. The van der Waals surface area contributed by atoms with Crippen LogP contribution in [0, 0.1) is 11.8 Å². The Labute approximate surface area is 184 Å². The monoisotopic (exact) mass is 433 g/mol. The third-order valence-electron chi connectivity index (χ3n) is 6.56. The van der Waals surface area contributed by atoms with Gasteiger partial charge in [0.2, 0.25) is 11.8 Å². The molecule has 7 heteroatoms. The van der Waals surface area contributed by atoms with E-state index in [1.807, 2.05) is 34.9 Å². The fourth-order valence-corrected chi connectivity index (χ4v) is 5.10. The molecule has 6 nitrogen and oxygen atoms in total. The summed E-state index contributed by atoms with van der Waals surface area (Å²) in [6, 6.07) is 5.53. The fourth-order valence-electron chi connectivity index (χ4n) is 4.94. The summed E-state index contributed by atoms with van der Waals surface area (Å²) >= 11 is 6.17. The predicted molar refractivity (Wildman–Crippen MR) is 118 cm³/mol. The summed E-state index contributed by atoms with van der Waals surface area (Å²) in [7, 11) is 0. The molecule has 0 aromatic heterocycles. The van der Waals surface area contributed by atoms with Crippen LogP contribution in [0.3, 0.4) is 0 Å². The molecule has 0 bridgehead atoms. The van der Waals surface area contributed by atoms with E-state index in [9.17, 15) is 9.59 Å². The van der Waals surface area contributed by atoms with Gasteiger partial charge in [0.15, 0.2) is 0 Å². The van der Waals surface area contributed by atoms with E-state index in [0.29, 0.717) is 43.0 Å². The Morgan fingerprint density at radius 1 is 1.07 bits per heavy atom. The molecule has 1 aromatic carbocycles. The number of piperidine rings is 2. The lowest BCUT2D eigenvalue weighted by molar-refractivity contribution is -0.141. The number of amides is 2. The normalized spacial score (nSPS) is 25.0. The number of anilines is 1. The number of hydrogen-bond acceptors (Lipinski definition) is 4. The highest BCUT2D eigenvalue weighted by molar-refractivity contribution is 6.31. The van der Waals surface area contributed by atoms with E-state index in [2.05, 4.69) is 11.8 Å². The Bertz CT molecular complexity index is 794. The van der Waals surface area contributed by atoms with Crippen LogP contribution in [0.15, 0.2) is 18.2 Å². The standard InChI is InChI=1S/C23H32ClN3O3/c1-16-4-3-9-26(13-16)23(29)18-7-10-25(11-8-18)22(28)15-27-14-17(2)30-21-6-5-19(24)12-20(21)27/h5-6,12,16-18H,3-4,7-11,13-15H2,1-2H3/t16-,17+/m0/s1. The third-order valence-corrected chi connectivity index (χ3v) is 6.79. The fraction of sp³-hybridized carbons (Fsp3) is 0.652. The van der Waals surface area contributed by atoms with Gasteiger partial charge in [0.1, 0.15) is 11.9 Å². The van der Waals surface area contributed by atoms with Crippen molar-refractivity contribution >= 4 is 29.1 Å². The molecular weight excluding hydrogens is 402 g/mol. The van der Waals surface area contributed by atoms with Crippen molar-refractivity contribution in [3.8, 4) is 5.75 Å². The van der Waals surface area contributed by atoms with Crippen molar-refractivity contribution in [3.63, 3.8) is 0 Å². The molecule has 2 atom stereocenters. The van der Waals surface area contributed by atoms with Crippen LogP contribution in [0.4, 0.5) is 5.69 Å². The highest BCUT2D eigenvalue weighted by atomic mass is 35.5. The van der Waals surface area contributed by atoms with E-state index >= 15 is 0 Å². The van der Waals surface area contributed by atoms with Crippen LogP contribution in [-0.4, -0.2) is 67.0 Å². The minimum absolute atomic E-state index is 0.0155. The first-order valence-corrected chi connectivity index (χ1v) is 11.6. The van der Waals surface area contributed by atoms with Gasteiger partial charge < -0.3 is 19.4 Å². The summed E-state index contributed by atoms with van der Waals surface area (Å²) < 4.78 is 5.88. The van der Waals surface area contributed by atoms with Gasteiger partial charge in [0.25, 0.3) is 0 Å². The van der Waals surface area contributed by atoms with E-state index in [1.54, 1.807) is 0 Å². The molecule has 0 N–H and O–H groups in total. The zero-order chi connectivity index (χ0) is 21.3. The average Bonchev–Trinajstić information content (AvgIpc) is 2.74. The smallest absolute Gasteiger partial charge is 0.242 e. The van der Waals surface area contributed by atoms with Gasteiger partial charge in [-0.1, -0.05) is 18.5 Å². The molecule has 164 valence electrons. The molecule has 2 amide bonds. The van der Waals surface area contributed by atoms with E-state index in [1.165, 1.54) is 6.42 Å². The molecule has 3 heterocycles. The molecule has 0 saturated carbocycles. The molecule has 1 aromatic rings. The number of fused-ring (bicyclic) bond motifs is 1. The number of likely N-dealkylation sites (tertiary alicyclic amines) is 2. The largest absolute Gasteiger partial charge is 0.487 e. The van der Waals surface area contributed by atoms with Crippen LogP contribution in [0.1, 0.15) is 39.5 Å². The molecule has 3 aliphatic rings. The molecule has 30 heavy (non-hydrogen) atoms. The summed E-state index contributed by atoms with van der Waals surface area (Å²) in [6.45, 7) is 8.27. The third kappa shape index (κ3) is 4.69. The lowest BCUT2D eigenvalue weighted by Gasteiger charge is -2.39. The van der Waals surface area contributed by atoms with Crippen LogP contribution in [0.25, 0.3) is 0 Å². The Morgan fingerprint density at radius 3 is 2.57 bits per heavy atom. The summed E-state index contributed by atoms with van der Waals surface area (Å²) in [4.78, 5) is 31.9. The first-order valence-electron chi connectivity index (χ1n) is 11.2. The number of nitrogens with zero attached hydrogens (tertiary/aromatic N) is 3. The Hall–Kier alpha value is -1.95. The lowest BCUT2D eigenvalue weighted by Crippen LogP contribution is -2.50. The van der Waals surface area contributed by atoms with Crippen molar-refractivity contribution in [2.45, 2.75) is 45.6 Å². The number of benzene rings is 1. The van der Waals surface area contributed by atoms with E-state index < -0.39 is 0 Å². The van der Waals surface area contributed by atoms with Crippen LogP contribution in [0.5, 0.6) is 5.75 Å². The number of carbonyl (C=O) groups is 2. The van der Waals surface area contributed by atoms with Gasteiger partial charge in [-0.2, -0.15) is 0 Å². The highest BCUT2D eigenvalue weighted by Gasteiger charge is 2.33. The van der Waals surface area contributed by atoms with Crippen molar-refractivity contribution < 1.29 is 14.3 Å². The first-order chi connectivity index (χ1) is 14.4. The molecule has 0 spiro atoms. The van der Waals surface area contributed by atoms with E-state index in [-0.39, 0.29) is 17.9 Å². The second kappa shape index (κ2) is 9.04. The Balaban J connectivity index is 1.33. The quantitative estimate of drug-likeness (QED) is 0.732. The topological polar surface area (TPSA) is 53.1 Å². The molecule has 0 aliphatic carbocycles. The van der Waals surface area contributed by atoms with Crippen molar-refractivity contribution in [1.29, 1.82) is 0 Å². The van der Waals surface area contributed by atoms with Crippen LogP contribution in [-0.2, 0) is 9.59 Å². The summed E-state index contributed by atoms with van der Waals surface area (Å²) in [6.07, 6.45) is 3.86. The zero-order valence-electron chi connectivity index (χ0n) is 18.0. The number of ether oxygens (including phenoxy) is 1. The molecule has 4 rings (SSSR count). The average molecular weight is 434 g/mol. The number of carbonyl (C=O) groups excluding carboxylic acids is 2. The van der Waals surface area contributed by atoms with Gasteiger partial charge in [0.05, 0.1) is 18.8 Å². The van der Waals surface area contributed by atoms with Gasteiger partial charge >= 0.3 is 0 Å². The maximum absolute atomic E-state index is 13.0. The molecular formula is C23H32ClN3O3. The predicted octanol–water partition coefficient (Wildman–Crippen LogP) is 3.42. The number of halogens is 1. The summed E-state index contributed by atoms with van der Waals surface area (Å²) in [5.41, 5.74) is 0.873. The second-order valence-corrected chi connectivity index (χ2v) is 9.54. The Kier molecular flexibility index (Phi) is 6.42. The van der Waals surface area contributed by atoms with Gasteiger partial charge in [-0.05, 0) is 56.7 Å². The first kappa shape index (κ1) is 21.3. The van der Waals surface area contributed by atoms with Crippen LogP contribution >= 0.6 is 11.6 Å². The van der Waals surface area contributed by atoms with Gasteiger partial charge in [-0.15, -0.1) is 0 Å². The summed E-state index contributed by atoms with van der Waals surface area (Å²) in [5, 5.41) is 0.635. The second-order valence-electron chi connectivity index (χ2n) is 9.11. The lowest BCUT2D eigenvalue weighted by atomic mass is 9.92. The molecule has 2 saturated heterocycles. The van der Waals surface area contributed by atoms with Crippen molar-refractivity contribution in [2.75, 3.05) is 44.2 Å². The maximum atomic E-state index is 13.0. The minimum atomic E-state index is 0.0155. The highest BCUT2D eigenvalue weighted by Crippen LogP contribution is 2.35. The van der Waals surface area contributed by atoms with Gasteiger partial charge in [-0.25, -0.2) is 0 Å². The van der Waals surface area contributed by atoms with Crippen molar-refractivity contribution in [3.05, 3.63) is 23.2 Å². The molecule has 0 radical (unpaired) electrons. The molecule has 3 aliphatic heterocycles. The number of hydrogen-bond donors (Lipinski definition) is 0. The van der Waals surface area contributed by atoms with Crippen LogP contribution in [0.2, 0.25) is 5.02 Å². The Morgan fingerprint density at radius 2 is 1.83 bits per heavy atom. The minimum Gasteiger partial charge on any atom is -0.487 e. The van der Waals surface area contributed by atoms with Gasteiger partial charge in [0, 0.05) is 37.1 Å².